The standard InChI is InChI=1S/C11H23NO3/c1-3-5-14-6-7-15-11(13)8-10(4-2)9-12/h10H,3-9,12H2,1-2H3. The fourth-order valence-electron chi connectivity index (χ4n) is 1.15. The lowest BCUT2D eigenvalue weighted by Crippen LogP contribution is -2.20. The molecule has 0 aliphatic carbocycles. The Morgan fingerprint density at radius 1 is 1.27 bits per heavy atom. The van der Waals surface area contributed by atoms with E-state index in [1.54, 1.807) is 0 Å². The van der Waals surface area contributed by atoms with Crippen molar-refractivity contribution < 1.29 is 14.3 Å². The van der Waals surface area contributed by atoms with Gasteiger partial charge < -0.3 is 15.2 Å². The Kier molecular flexibility index (Phi) is 9.52. The third kappa shape index (κ3) is 8.39. The molecule has 0 saturated carbocycles. The van der Waals surface area contributed by atoms with Crippen LogP contribution in [0.15, 0.2) is 0 Å². The van der Waals surface area contributed by atoms with E-state index in [2.05, 4.69) is 0 Å². The molecule has 0 aliphatic rings. The Labute approximate surface area is 92.1 Å². The molecule has 0 aromatic carbocycles. The Balaban J connectivity index is 3.40. The van der Waals surface area contributed by atoms with Crippen molar-refractivity contribution >= 4 is 5.97 Å². The van der Waals surface area contributed by atoms with Crippen LogP contribution in [0.1, 0.15) is 33.1 Å². The average molecular weight is 217 g/mol. The van der Waals surface area contributed by atoms with Crippen molar-refractivity contribution in [3.63, 3.8) is 0 Å². The molecule has 15 heavy (non-hydrogen) atoms. The van der Waals surface area contributed by atoms with E-state index >= 15 is 0 Å². The summed E-state index contributed by atoms with van der Waals surface area (Å²) in [5.74, 6) is 0.0708. The van der Waals surface area contributed by atoms with Gasteiger partial charge in [-0.3, -0.25) is 4.79 Å². The molecule has 0 rings (SSSR count). The maximum absolute atomic E-state index is 11.3. The molecule has 1 unspecified atom stereocenters. The molecule has 4 nitrogen and oxygen atoms in total. The van der Waals surface area contributed by atoms with Gasteiger partial charge in [0, 0.05) is 13.0 Å². The van der Waals surface area contributed by atoms with Gasteiger partial charge in [0.1, 0.15) is 6.61 Å². The summed E-state index contributed by atoms with van der Waals surface area (Å²) in [6, 6.07) is 0. The summed E-state index contributed by atoms with van der Waals surface area (Å²) in [5.41, 5.74) is 5.49. The van der Waals surface area contributed by atoms with Gasteiger partial charge in [-0.2, -0.15) is 0 Å². The predicted molar refractivity (Wildman–Crippen MR) is 59.5 cm³/mol. The van der Waals surface area contributed by atoms with Crippen LogP contribution in [0.3, 0.4) is 0 Å². The van der Waals surface area contributed by atoms with Crippen molar-refractivity contribution in [1.29, 1.82) is 0 Å². The van der Waals surface area contributed by atoms with Crippen molar-refractivity contribution in [2.75, 3.05) is 26.4 Å². The van der Waals surface area contributed by atoms with Crippen LogP contribution in [0.4, 0.5) is 0 Å². The second kappa shape index (κ2) is 9.93. The van der Waals surface area contributed by atoms with Gasteiger partial charge in [-0.15, -0.1) is 0 Å². The predicted octanol–water partition coefficient (Wildman–Crippen LogP) is 1.33. The fourth-order valence-corrected chi connectivity index (χ4v) is 1.15. The van der Waals surface area contributed by atoms with Crippen LogP contribution in [0, 0.1) is 5.92 Å². The highest BCUT2D eigenvalue weighted by atomic mass is 16.6. The number of carbonyl (C=O) groups is 1. The summed E-state index contributed by atoms with van der Waals surface area (Å²) in [5, 5.41) is 0. The second-order valence-corrected chi connectivity index (χ2v) is 3.55. The summed E-state index contributed by atoms with van der Waals surface area (Å²) >= 11 is 0. The molecule has 0 bridgehead atoms. The first-order valence-electron chi connectivity index (χ1n) is 5.68. The van der Waals surface area contributed by atoms with Crippen molar-refractivity contribution in [3.8, 4) is 0 Å². The molecule has 0 amide bonds. The normalized spacial score (nSPS) is 12.5. The summed E-state index contributed by atoms with van der Waals surface area (Å²) < 4.78 is 10.2. The zero-order valence-corrected chi connectivity index (χ0v) is 9.83. The summed E-state index contributed by atoms with van der Waals surface area (Å²) in [4.78, 5) is 11.3. The van der Waals surface area contributed by atoms with Crippen LogP contribution >= 0.6 is 0 Å². The zero-order chi connectivity index (χ0) is 11.5. The minimum absolute atomic E-state index is 0.174. The molecule has 0 radical (unpaired) electrons. The molecule has 0 aromatic rings. The van der Waals surface area contributed by atoms with Gasteiger partial charge >= 0.3 is 5.97 Å². The Bertz CT molecular complexity index is 158. The maximum atomic E-state index is 11.3. The van der Waals surface area contributed by atoms with Crippen molar-refractivity contribution in [2.24, 2.45) is 11.7 Å². The van der Waals surface area contributed by atoms with E-state index in [0.29, 0.717) is 26.2 Å². The smallest absolute Gasteiger partial charge is 0.306 e. The topological polar surface area (TPSA) is 61.5 Å². The molecular weight excluding hydrogens is 194 g/mol. The first-order valence-corrected chi connectivity index (χ1v) is 5.68. The molecule has 0 fully saturated rings. The van der Waals surface area contributed by atoms with E-state index in [9.17, 15) is 4.79 Å². The van der Waals surface area contributed by atoms with Crippen molar-refractivity contribution in [2.45, 2.75) is 33.1 Å². The number of nitrogens with two attached hydrogens (primary N) is 1. The minimum Gasteiger partial charge on any atom is -0.463 e. The number of hydrogen-bond donors (Lipinski definition) is 1. The van der Waals surface area contributed by atoms with E-state index < -0.39 is 0 Å². The van der Waals surface area contributed by atoms with Gasteiger partial charge in [0.2, 0.25) is 0 Å². The van der Waals surface area contributed by atoms with E-state index in [1.165, 1.54) is 0 Å². The average Bonchev–Trinajstić information content (AvgIpc) is 2.25. The molecule has 0 aliphatic heterocycles. The molecular formula is C11H23NO3. The van der Waals surface area contributed by atoms with Gasteiger partial charge in [-0.05, 0) is 18.9 Å². The van der Waals surface area contributed by atoms with Crippen molar-refractivity contribution in [1.82, 2.24) is 0 Å². The molecule has 0 heterocycles. The van der Waals surface area contributed by atoms with E-state index in [0.717, 1.165) is 19.4 Å². The molecule has 2 N–H and O–H groups in total. The SMILES string of the molecule is CCCOCCOC(=O)CC(CC)CN. The Hall–Kier alpha value is -0.610. The quantitative estimate of drug-likeness (QED) is 0.467. The second-order valence-electron chi connectivity index (χ2n) is 3.55. The third-order valence-electron chi connectivity index (χ3n) is 2.21. The van der Waals surface area contributed by atoms with E-state index in [4.69, 9.17) is 15.2 Å². The molecule has 1 atom stereocenters. The first-order chi connectivity index (χ1) is 7.24. The van der Waals surface area contributed by atoms with Crippen LogP contribution in [0.5, 0.6) is 0 Å². The number of hydrogen-bond acceptors (Lipinski definition) is 4. The molecule has 90 valence electrons. The van der Waals surface area contributed by atoms with E-state index in [-0.39, 0.29) is 11.9 Å². The summed E-state index contributed by atoms with van der Waals surface area (Å²) in [6.45, 7) is 6.16. The maximum Gasteiger partial charge on any atom is 0.306 e. The van der Waals surface area contributed by atoms with Crippen LogP contribution in [0.2, 0.25) is 0 Å². The van der Waals surface area contributed by atoms with Crippen LogP contribution < -0.4 is 5.73 Å². The number of carbonyl (C=O) groups excluding carboxylic acids is 1. The van der Waals surface area contributed by atoms with Crippen LogP contribution in [0.25, 0.3) is 0 Å². The lowest BCUT2D eigenvalue weighted by Gasteiger charge is -2.11. The highest BCUT2D eigenvalue weighted by Gasteiger charge is 2.11. The van der Waals surface area contributed by atoms with Gasteiger partial charge in [-0.25, -0.2) is 0 Å². The van der Waals surface area contributed by atoms with Gasteiger partial charge in [0.05, 0.1) is 6.61 Å². The largest absolute Gasteiger partial charge is 0.463 e. The zero-order valence-electron chi connectivity index (χ0n) is 9.83. The minimum atomic E-state index is -0.174. The van der Waals surface area contributed by atoms with Crippen molar-refractivity contribution in [3.05, 3.63) is 0 Å². The Morgan fingerprint density at radius 2 is 2.00 bits per heavy atom. The Morgan fingerprint density at radius 3 is 2.53 bits per heavy atom. The highest BCUT2D eigenvalue weighted by Crippen LogP contribution is 2.06. The molecule has 0 aromatic heterocycles. The number of esters is 1. The van der Waals surface area contributed by atoms with Gasteiger partial charge in [0.15, 0.2) is 0 Å². The lowest BCUT2D eigenvalue weighted by atomic mass is 10.0. The summed E-state index contributed by atoms with van der Waals surface area (Å²) in [7, 11) is 0. The van der Waals surface area contributed by atoms with Gasteiger partial charge in [-0.1, -0.05) is 20.3 Å². The summed E-state index contributed by atoms with van der Waals surface area (Å²) in [6.07, 6.45) is 2.32. The number of rotatable bonds is 9. The third-order valence-corrected chi connectivity index (χ3v) is 2.21. The molecule has 4 heteroatoms. The van der Waals surface area contributed by atoms with Gasteiger partial charge in [0.25, 0.3) is 0 Å². The first kappa shape index (κ1) is 14.4. The lowest BCUT2D eigenvalue weighted by molar-refractivity contribution is -0.146. The van der Waals surface area contributed by atoms with Crippen LogP contribution in [-0.4, -0.2) is 32.3 Å². The van der Waals surface area contributed by atoms with Crippen LogP contribution in [-0.2, 0) is 14.3 Å². The molecule has 0 spiro atoms. The van der Waals surface area contributed by atoms with E-state index in [1.807, 2.05) is 13.8 Å². The molecule has 0 saturated heterocycles. The monoisotopic (exact) mass is 217 g/mol. The highest BCUT2D eigenvalue weighted by molar-refractivity contribution is 5.69. The fraction of sp³-hybridized carbons (Fsp3) is 0.909. The number of ether oxygens (including phenoxy) is 2.